The van der Waals surface area contributed by atoms with Gasteiger partial charge in [-0.2, -0.15) is 0 Å². The highest BCUT2D eigenvalue weighted by Gasteiger charge is 2.07. The summed E-state index contributed by atoms with van der Waals surface area (Å²) in [5.41, 5.74) is 0. The molecule has 0 saturated heterocycles. The lowest BCUT2D eigenvalue weighted by Crippen LogP contribution is -2.30. The van der Waals surface area contributed by atoms with E-state index in [1.807, 2.05) is 13.8 Å². The zero-order valence-corrected chi connectivity index (χ0v) is 18.5. The number of halogens is 1. The predicted octanol–water partition coefficient (Wildman–Crippen LogP) is 0.785. The monoisotopic (exact) mass is 439 g/mol. The van der Waals surface area contributed by atoms with Crippen molar-refractivity contribution in [1.29, 1.82) is 0 Å². The summed E-state index contributed by atoms with van der Waals surface area (Å²) in [6.45, 7) is 9.13. The molecule has 0 rings (SSSR count). The minimum absolute atomic E-state index is 0.00870. The maximum atomic E-state index is 13.3. The van der Waals surface area contributed by atoms with E-state index in [-0.39, 0.29) is 44.0 Å². The normalized spacial score (nSPS) is 12.3. The van der Waals surface area contributed by atoms with E-state index in [1.165, 1.54) is 6.92 Å². The Morgan fingerprint density at radius 1 is 0.733 bits per heavy atom. The van der Waals surface area contributed by atoms with Gasteiger partial charge in [-0.05, 0) is 0 Å². The summed E-state index contributed by atoms with van der Waals surface area (Å²) < 4.78 is 44.9. The summed E-state index contributed by atoms with van der Waals surface area (Å²) in [5, 5.41) is 2.38. The van der Waals surface area contributed by atoms with Crippen LogP contribution in [0.1, 0.15) is 20.8 Å². The zero-order chi connectivity index (χ0) is 22.5. The van der Waals surface area contributed by atoms with Gasteiger partial charge < -0.3 is 33.7 Å². The Morgan fingerprint density at radius 3 is 1.53 bits per heavy atom. The fourth-order valence-electron chi connectivity index (χ4n) is 1.86. The van der Waals surface area contributed by atoms with Gasteiger partial charge in [0.05, 0.1) is 79.2 Å². The number of alkyl halides is 1. The zero-order valence-electron chi connectivity index (χ0n) is 18.5. The van der Waals surface area contributed by atoms with Crippen LogP contribution in [-0.2, 0) is 38.0 Å². The summed E-state index contributed by atoms with van der Waals surface area (Å²) in [6, 6.07) is 0. The molecule has 0 aliphatic carbocycles. The van der Waals surface area contributed by atoms with Crippen molar-refractivity contribution in [2.45, 2.75) is 26.9 Å². The summed E-state index contributed by atoms with van der Waals surface area (Å²) in [7, 11) is 0. The fourth-order valence-corrected chi connectivity index (χ4v) is 1.86. The second kappa shape index (κ2) is 21.1. The smallest absolute Gasteiger partial charge is 0.216 e. The third-order valence-electron chi connectivity index (χ3n) is 3.62. The third-order valence-corrected chi connectivity index (χ3v) is 3.62. The highest BCUT2D eigenvalue weighted by molar-refractivity contribution is 5.81. The maximum absolute atomic E-state index is 13.3. The quantitative estimate of drug-likeness (QED) is 0.247. The van der Waals surface area contributed by atoms with Gasteiger partial charge in [0.1, 0.15) is 12.8 Å². The van der Waals surface area contributed by atoms with E-state index in [0.29, 0.717) is 59.5 Å². The molecular formula is C20H38FNO8. The molecule has 9 nitrogen and oxygen atoms in total. The summed E-state index contributed by atoms with van der Waals surface area (Å²) in [5.74, 6) is -0.190. The first-order valence-electron chi connectivity index (χ1n) is 10.3. The van der Waals surface area contributed by atoms with Gasteiger partial charge in [0.25, 0.3) is 0 Å². The average Bonchev–Trinajstić information content (AvgIpc) is 2.70. The van der Waals surface area contributed by atoms with Crippen LogP contribution < -0.4 is 5.32 Å². The molecule has 1 N–H and O–H groups in total. The number of rotatable bonds is 22. The van der Waals surface area contributed by atoms with Gasteiger partial charge in [0, 0.05) is 12.8 Å². The lowest BCUT2D eigenvalue weighted by Gasteiger charge is -2.10. The molecule has 1 atom stereocenters. The average molecular weight is 440 g/mol. The van der Waals surface area contributed by atoms with Crippen molar-refractivity contribution in [3.05, 3.63) is 0 Å². The predicted molar refractivity (Wildman–Crippen MR) is 108 cm³/mol. The molecular weight excluding hydrogens is 401 g/mol. The molecule has 0 aliphatic rings. The number of carbonyl (C=O) groups excluding carboxylic acids is 2. The van der Waals surface area contributed by atoms with E-state index in [0.717, 1.165) is 0 Å². The minimum atomic E-state index is -1.23. The van der Waals surface area contributed by atoms with Crippen LogP contribution in [-0.4, -0.2) is 104 Å². The van der Waals surface area contributed by atoms with E-state index in [4.69, 9.17) is 28.4 Å². The van der Waals surface area contributed by atoms with Gasteiger partial charge in [0.2, 0.25) is 5.91 Å². The summed E-state index contributed by atoms with van der Waals surface area (Å²) in [6.07, 6.45) is -1.23. The van der Waals surface area contributed by atoms with Gasteiger partial charge in [-0.3, -0.25) is 9.59 Å². The van der Waals surface area contributed by atoms with E-state index in [1.54, 1.807) is 0 Å². The molecule has 0 aromatic rings. The van der Waals surface area contributed by atoms with Gasteiger partial charge in [-0.25, -0.2) is 4.39 Å². The number of ketones is 1. The highest BCUT2D eigenvalue weighted by Crippen LogP contribution is 1.94. The molecule has 0 heterocycles. The second-order valence-corrected chi connectivity index (χ2v) is 6.73. The number of hydrogen-bond acceptors (Lipinski definition) is 8. The van der Waals surface area contributed by atoms with Crippen molar-refractivity contribution in [2.75, 3.05) is 85.8 Å². The van der Waals surface area contributed by atoms with Crippen LogP contribution in [0, 0.1) is 5.92 Å². The van der Waals surface area contributed by atoms with E-state index in [2.05, 4.69) is 5.32 Å². The molecule has 0 saturated carbocycles. The van der Waals surface area contributed by atoms with Crippen LogP contribution in [0.25, 0.3) is 0 Å². The van der Waals surface area contributed by atoms with Gasteiger partial charge in [-0.15, -0.1) is 0 Å². The summed E-state index contributed by atoms with van der Waals surface area (Å²) in [4.78, 5) is 22.0. The van der Waals surface area contributed by atoms with Crippen LogP contribution in [0.3, 0.4) is 0 Å². The molecule has 0 aromatic carbocycles. The first kappa shape index (κ1) is 28.8. The van der Waals surface area contributed by atoms with Crippen LogP contribution in [0.5, 0.6) is 0 Å². The number of Topliss-reactive ketones (excluding diaryl/α,β-unsaturated/α-hetero) is 1. The van der Waals surface area contributed by atoms with Crippen molar-refractivity contribution < 1.29 is 42.4 Å². The van der Waals surface area contributed by atoms with Crippen molar-refractivity contribution >= 4 is 11.7 Å². The first-order chi connectivity index (χ1) is 14.4. The summed E-state index contributed by atoms with van der Waals surface area (Å²) >= 11 is 0. The van der Waals surface area contributed by atoms with Gasteiger partial charge in [-0.1, -0.05) is 13.8 Å². The van der Waals surface area contributed by atoms with Crippen molar-refractivity contribution in [3.8, 4) is 0 Å². The second-order valence-electron chi connectivity index (χ2n) is 6.73. The molecule has 178 valence electrons. The number of amides is 1. The van der Waals surface area contributed by atoms with Crippen LogP contribution in [0.15, 0.2) is 0 Å². The molecule has 30 heavy (non-hydrogen) atoms. The van der Waals surface area contributed by atoms with Crippen molar-refractivity contribution in [3.63, 3.8) is 0 Å². The third kappa shape index (κ3) is 21.5. The molecule has 0 bridgehead atoms. The van der Waals surface area contributed by atoms with Crippen LogP contribution >= 0.6 is 0 Å². The SMILES string of the molecule is CC(=O)NCC(F)COCCOCCOCCOCCOCCOCC(=O)C(C)C. The Morgan fingerprint density at radius 2 is 1.13 bits per heavy atom. The van der Waals surface area contributed by atoms with E-state index < -0.39 is 6.17 Å². The largest absolute Gasteiger partial charge is 0.377 e. The van der Waals surface area contributed by atoms with E-state index >= 15 is 0 Å². The van der Waals surface area contributed by atoms with Gasteiger partial charge in [0.15, 0.2) is 5.78 Å². The standard InChI is InChI=1S/C20H38FNO8/c1-17(2)20(24)16-30-13-11-28-9-7-26-5-4-25-6-8-27-10-12-29-15-19(21)14-22-18(3)23/h17,19H,4-16H2,1-3H3,(H,22,23). The molecule has 0 fully saturated rings. The van der Waals surface area contributed by atoms with Crippen LogP contribution in [0.2, 0.25) is 0 Å². The molecule has 0 spiro atoms. The molecule has 10 heteroatoms. The highest BCUT2D eigenvalue weighted by atomic mass is 19.1. The molecule has 0 aromatic heterocycles. The number of nitrogens with one attached hydrogen (secondary N) is 1. The van der Waals surface area contributed by atoms with Gasteiger partial charge >= 0.3 is 0 Å². The minimum Gasteiger partial charge on any atom is -0.377 e. The fraction of sp³-hybridized carbons (Fsp3) is 0.900. The number of hydrogen-bond donors (Lipinski definition) is 1. The molecule has 1 amide bonds. The Bertz CT molecular complexity index is 426. The maximum Gasteiger partial charge on any atom is 0.216 e. The molecule has 0 radical (unpaired) electrons. The Hall–Kier alpha value is -1.17. The number of carbonyl (C=O) groups is 2. The number of ether oxygens (including phenoxy) is 6. The van der Waals surface area contributed by atoms with Crippen molar-refractivity contribution in [1.82, 2.24) is 5.32 Å². The Balaban J connectivity index is 3.14. The first-order valence-corrected chi connectivity index (χ1v) is 10.3. The lowest BCUT2D eigenvalue weighted by atomic mass is 10.1. The Labute approximate surface area is 178 Å². The van der Waals surface area contributed by atoms with E-state index in [9.17, 15) is 14.0 Å². The molecule has 0 aliphatic heterocycles. The Kier molecular flexibility index (Phi) is 20.3. The lowest BCUT2D eigenvalue weighted by molar-refractivity contribution is -0.127. The topological polar surface area (TPSA) is 102 Å². The van der Waals surface area contributed by atoms with Crippen molar-refractivity contribution in [2.24, 2.45) is 5.92 Å². The van der Waals surface area contributed by atoms with Crippen LogP contribution in [0.4, 0.5) is 4.39 Å². The molecule has 1 unspecified atom stereocenters.